The van der Waals surface area contributed by atoms with Gasteiger partial charge >= 0.3 is 0 Å². The Hall–Kier alpha value is -1.13. The van der Waals surface area contributed by atoms with Crippen LogP contribution in [0, 0.1) is 0 Å². The quantitative estimate of drug-likeness (QED) is 0.810. The Labute approximate surface area is 96.6 Å². The van der Waals surface area contributed by atoms with Gasteiger partial charge in [0.25, 0.3) is 0 Å². The standard InChI is InChI=1S/C12H20N2O2/c1-9(16)10-5-6-11(13-7-10)14(4)12(2,3)8-15/h5-7,9,15-16H,8H2,1-4H3/t9-/m0/s1. The van der Waals surface area contributed by atoms with Gasteiger partial charge in [-0.1, -0.05) is 6.07 Å². The first-order chi connectivity index (χ1) is 7.38. The van der Waals surface area contributed by atoms with Crippen molar-refractivity contribution in [3.63, 3.8) is 0 Å². The molecular weight excluding hydrogens is 204 g/mol. The molecule has 1 heterocycles. The Morgan fingerprint density at radius 1 is 1.44 bits per heavy atom. The first-order valence-electron chi connectivity index (χ1n) is 5.37. The van der Waals surface area contributed by atoms with Gasteiger partial charge in [-0.2, -0.15) is 0 Å². The molecule has 0 aliphatic heterocycles. The molecular formula is C12H20N2O2. The minimum Gasteiger partial charge on any atom is -0.394 e. The summed E-state index contributed by atoms with van der Waals surface area (Å²) in [6.07, 6.45) is 1.15. The van der Waals surface area contributed by atoms with Crippen LogP contribution in [-0.4, -0.2) is 34.4 Å². The van der Waals surface area contributed by atoms with Crippen LogP contribution in [0.4, 0.5) is 5.82 Å². The van der Waals surface area contributed by atoms with E-state index in [1.165, 1.54) is 0 Å². The van der Waals surface area contributed by atoms with Gasteiger partial charge in [-0.25, -0.2) is 4.98 Å². The molecule has 0 saturated heterocycles. The Morgan fingerprint density at radius 3 is 2.44 bits per heavy atom. The number of anilines is 1. The Kier molecular flexibility index (Phi) is 3.88. The van der Waals surface area contributed by atoms with Gasteiger partial charge in [0.1, 0.15) is 5.82 Å². The predicted molar refractivity (Wildman–Crippen MR) is 64.4 cm³/mol. The van der Waals surface area contributed by atoms with E-state index in [-0.39, 0.29) is 12.1 Å². The largest absolute Gasteiger partial charge is 0.394 e. The predicted octanol–water partition coefficient (Wildman–Crippen LogP) is 1.34. The van der Waals surface area contributed by atoms with Crippen molar-refractivity contribution in [3.8, 4) is 0 Å². The molecule has 0 aliphatic rings. The fourth-order valence-electron chi connectivity index (χ4n) is 1.26. The third-order valence-corrected chi connectivity index (χ3v) is 2.89. The van der Waals surface area contributed by atoms with Crippen molar-refractivity contribution in [3.05, 3.63) is 23.9 Å². The highest BCUT2D eigenvalue weighted by Gasteiger charge is 2.23. The van der Waals surface area contributed by atoms with E-state index >= 15 is 0 Å². The van der Waals surface area contributed by atoms with Crippen LogP contribution in [0.15, 0.2) is 18.3 Å². The van der Waals surface area contributed by atoms with E-state index in [2.05, 4.69) is 4.98 Å². The summed E-state index contributed by atoms with van der Waals surface area (Å²) in [5, 5.41) is 18.6. The third kappa shape index (κ3) is 2.71. The molecule has 4 heteroatoms. The minimum absolute atomic E-state index is 0.0589. The van der Waals surface area contributed by atoms with Crippen molar-refractivity contribution in [2.24, 2.45) is 0 Å². The third-order valence-electron chi connectivity index (χ3n) is 2.89. The summed E-state index contributed by atoms with van der Waals surface area (Å²) >= 11 is 0. The zero-order chi connectivity index (χ0) is 12.3. The first-order valence-corrected chi connectivity index (χ1v) is 5.37. The van der Waals surface area contributed by atoms with Crippen LogP contribution < -0.4 is 4.90 Å². The number of aliphatic hydroxyl groups excluding tert-OH is 2. The van der Waals surface area contributed by atoms with Crippen LogP contribution in [0.1, 0.15) is 32.4 Å². The average molecular weight is 224 g/mol. The van der Waals surface area contributed by atoms with Gasteiger partial charge in [0.2, 0.25) is 0 Å². The number of rotatable bonds is 4. The smallest absolute Gasteiger partial charge is 0.128 e. The molecule has 1 rings (SSSR count). The van der Waals surface area contributed by atoms with E-state index in [0.29, 0.717) is 0 Å². The zero-order valence-electron chi connectivity index (χ0n) is 10.3. The molecule has 0 amide bonds. The highest BCUT2D eigenvalue weighted by molar-refractivity contribution is 5.41. The van der Waals surface area contributed by atoms with E-state index < -0.39 is 6.10 Å². The highest BCUT2D eigenvalue weighted by Crippen LogP contribution is 2.21. The van der Waals surface area contributed by atoms with Gasteiger partial charge in [-0.3, -0.25) is 0 Å². The van der Waals surface area contributed by atoms with Gasteiger partial charge in [0.05, 0.1) is 18.2 Å². The molecule has 4 nitrogen and oxygen atoms in total. The lowest BCUT2D eigenvalue weighted by molar-refractivity contribution is 0.198. The monoisotopic (exact) mass is 224 g/mol. The summed E-state index contributed by atoms with van der Waals surface area (Å²) in [5.74, 6) is 0.781. The second-order valence-electron chi connectivity index (χ2n) is 4.66. The van der Waals surface area contributed by atoms with E-state index in [0.717, 1.165) is 11.4 Å². The molecule has 0 unspecified atom stereocenters. The Bertz CT molecular complexity index is 333. The maximum absolute atomic E-state index is 9.37. The number of nitrogens with zero attached hydrogens (tertiary/aromatic N) is 2. The lowest BCUT2D eigenvalue weighted by atomic mass is 10.1. The summed E-state index contributed by atoms with van der Waals surface area (Å²) in [6, 6.07) is 3.69. The summed E-state index contributed by atoms with van der Waals surface area (Å²) in [4.78, 5) is 6.18. The molecule has 0 saturated carbocycles. The van der Waals surface area contributed by atoms with Gasteiger partial charge < -0.3 is 15.1 Å². The van der Waals surface area contributed by atoms with Crippen LogP contribution in [0.3, 0.4) is 0 Å². The summed E-state index contributed by atoms with van der Waals surface area (Å²) in [7, 11) is 1.89. The molecule has 0 radical (unpaired) electrons. The molecule has 1 atom stereocenters. The topological polar surface area (TPSA) is 56.6 Å². The second kappa shape index (κ2) is 4.80. The summed E-state index contributed by atoms with van der Waals surface area (Å²) < 4.78 is 0. The highest BCUT2D eigenvalue weighted by atomic mass is 16.3. The molecule has 1 aromatic heterocycles. The molecule has 2 N–H and O–H groups in total. The van der Waals surface area contributed by atoms with Crippen molar-refractivity contribution >= 4 is 5.82 Å². The fraction of sp³-hybridized carbons (Fsp3) is 0.583. The van der Waals surface area contributed by atoms with Crippen molar-refractivity contribution in [2.45, 2.75) is 32.4 Å². The lowest BCUT2D eigenvalue weighted by Crippen LogP contribution is -2.44. The van der Waals surface area contributed by atoms with Gasteiger partial charge in [-0.05, 0) is 32.4 Å². The van der Waals surface area contributed by atoms with Gasteiger partial charge in [0, 0.05) is 13.2 Å². The van der Waals surface area contributed by atoms with Gasteiger partial charge in [-0.15, -0.1) is 0 Å². The number of pyridine rings is 1. The molecule has 16 heavy (non-hydrogen) atoms. The van der Waals surface area contributed by atoms with Crippen molar-refractivity contribution in [2.75, 3.05) is 18.6 Å². The molecule has 90 valence electrons. The maximum atomic E-state index is 9.37. The fourth-order valence-corrected chi connectivity index (χ4v) is 1.26. The average Bonchev–Trinajstić information content (AvgIpc) is 2.28. The SMILES string of the molecule is C[C@H](O)c1ccc(N(C)C(C)(C)CO)nc1. The number of aromatic nitrogens is 1. The second-order valence-corrected chi connectivity index (χ2v) is 4.66. The van der Waals surface area contributed by atoms with E-state index in [1.807, 2.05) is 37.9 Å². The molecule has 0 bridgehead atoms. The zero-order valence-corrected chi connectivity index (χ0v) is 10.3. The van der Waals surface area contributed by atoms with Crippen LogP contribution in [-0.2, 0) is 0 Å². The van der Waals surface area contributed by atoms with Crippen molar-refractivity contribution in [1.29, 1.82) is 0 Å². The first kappa shape index (κ1) is 12.9. The molecule has 0 aliphatic carbocycles. The van der Waals surface area contributed by atoms with Crippen LogP contribution in [0.5, 0.6) is 0 Å². The van der Waals surface area contributed by atoms with E-state index in [4.69, 9.17) is 0 Å². The molecule has 0 aromatic carbocycles. The van der Waals surface area contributed by atoms with Gasteiger partial charge in [0.15, 0.2) is 0 Å². The number of hydrogen-bond acceptors (Lipinski definition) is 4. The Morgan fingerprint density at radius 2 is 2.06 bits per heavy atom. The number of hydrogen-bond donors (Lipinski definition) is 2. The molecule has 1 aromatic rings. The molecule has 0 spiro atoms. The van der Waals surface area contributed by atoms with Crippen molar-refractivity contribution < 1.29 is 10.2 Å². The van der Waals surface area contributed by atoms with Crippen molar-refractivity contribution in [1.82, 2.24) is 4.98 Å². The van der Waals surface area contributed by atoms with Crippen LogP contribution in [0.2, 0.25) is 0 Å². The van der Waals surface area contributed by atoms with E-state index in [1.54, 1.807) is 13.1 Å². The normalized spacial score (nSPS) is 13.6. The minimum atomic E-state index is -0.502. The maximum Gasteiger partial charge on any atom is 0.128 e. The number of aliphatic hydroxyl groups is 2. The summed E-state index contributed by atoms with van der Waals surface area (Å²) in [5.41, 5.74) is 0.443. The van der Waals surface area contributed by atoms with Crippen LogP contribution >= 0.6 is 0 Å². The lowest BCUT2D eigenvalue weighted by Gasteiger charge is -2.34. The summed E-state index contributed by atoms with van der Waals surface area (Å²) in [6.45, 7) is 5.65. The van der Waals surface area contributed by atoms with E-state index in [9.17, 15) is 10.2 Å². The Balaban J connectivity index is 2.90. The van der Waals surface area contributed by atoms with Crippen LogP contribution in [0.25, 0.3) is 0 Å². The molecule has 0 fully saturated rings. The number of likely N-dealkylation sites (N-methyl/N-ethyl adjacent to an activating group) is 1.